The van der Waals surface area contributed by atoms with Gasteiger partial charge in [-0.1, -0.05) is 0 Å². The molecule has 1 aliphatic heterocycles. The maximum absolute atomic E-state index is 12.4. The Morgan fingerprint density at radius 3 is 2.91 bits per heavy atom. The van der Waals surface area contributed by atoms with Crippen molar-refractivity contribution in [2.75, 3.05) is 13.2 Å². The van der Waals surface area contributed by atoms with Crippen molar-refractivity contribution in [2.24, 2.45) is 0 Å². The van der Waals surface area contributed by atoms with Crippen LogP contribution in [0.1, 0.15) is 30.1 Å². The zero-order valence-electron chi connectivity index (χ0n) is 13.0. The zero-order chi connectivity index (χ0) is 16.6. The number of hydrogen-bond acceptors (Lipinski definition) is 6. The Labute approximate surface area is 136 Å². The number of carbonyl (C=O) groups is 2. The molecule has 0 atom stereocenters. The molecule has 0 fully saturated rings. The van der Waals surface area contributed by atoms with Crippen LogP contribution in [0.4, 0.5) is 0 Å². The van der Waals surface area contributed by atoms with Crippen LogP contribution in [0.25, 0.3) is 10.2 Å². The van der Waals surface area contributed by atoms with Gasteiger partial charge < -0.3 is 14.6 Å². The number of esters is 1. The molecule has 0 radical (unpaired) electrons. The maximum Gasteiger partial charge on any atom is 0.313 e. The van der Waals surface area contributed by atoms with E-state index in [1.165, 1.54) is 11.3 Å². The minimum atomic E-state index is -0.418. The quantitative estimate of drug-likeness (QED) is 0.845. The van der Waals surface area contributed by atoms with Crippen molar-refractivity contribution < 1.29 is 14.3 Å². The molecule has 3 rings (SSSR count). The van der Waals surface area contributed by atoms with Gasteiger partial charge in [-0.05, 0) is 18.9 Å². The Morgan fingerprint density at radius 1 is 1.43 bits per heavy atom. The van der Waals surface area contributed by atoms with Gasteiger partial charge in [-0.25, -0.2) is 4.98 Å². The molecule has 0 unspecified atom stereocenters. The van der Waals surface area contributed by atoms with Gasteiger partial charge in [0.25, 0.3) is 5.56 Å². The second-order valence-electron chi connectivity index (χ2n) is 5.37. The van der Waals surface area contributed by atoms with E-state index in [2.05, 4.69) is 9.97 Å². The van der Waals surface area contributed by atoms with Crippen molar-refractivity contribution >= 4 is 33.4 Å². The minimum Gasteiger partial charge on any atom is -0.466 e. The zero-order valence-corrected chi connectivity index (χ0v) is 13.8. The fourth-order valence-electron chi connectivity index (χ4n) is 2.75. The fourth-order valence-corrected chi connectivity index (χ4v) is 4.00. The lowest BCUT2D eigenvalue weighted by atomic mass is 10.1. The molecule has 122 valence electrons. The highest BCUT2D eigenvalue weighted by Gasteiger charge is 2.25. The first-order valence-corrected chi connectivity index (χ1v) is 8.25. The van der Waals surface area contributed by atoms with Gasteiger partial charge >= 0.3 is 5.97 Å². The summed E-state index contributed by atoms with van der Waals surface area (Å²) in [7, 11) is 0. The third kappa shape index (κ3) is 2.98. The molecule has 2 aromatic rings. The molecule has 0 aromatic carbocycles. The Hall–Kier alpha value is -2.22. The van der Waals surface area contributed by atoms with Crippen LogP contribution in [0.5, 0.6) is 0 Å². The number of nitrogens with zero attached hydrogens (tertiary/aromatic N) is 2. The van der Waals surface area contributed by atoms with Crippen LogP contribution >= 0.6 is 11.3 Å². The summed E-state index contributed by atoms with van der Waals surface area (Å²) in [6.07, 6.45) is 0.595. The predicted octanol–water partition coefficient (Wildman–Crippen LogP) is 0.995. The van der Waals surface area contributed by atoms with Crippen molar-refractivity contribution in [1.29, 1.82) is 0 Å². The van der Waals surface area contributed by atoms with Gasteiger partial charge in [-0.3, -0.25) is 14.4 Å². The third-order valence-corrected chi connectivity index (χ3v) is 4.93. The van der Waals surface area contributed by atoms with Crippen LogP contribution in [0.15, 0.2) is 4.79 Å². The molecular formula is C15H17N3O4S. The minimum absolute atomic E-state index is 0.0259. The van der Waals surface area contributed by atoms with E-state index in [0.29, 0.717) is 42.2 Å². The van der Waals surface area contributed by atoms with Crippen LogP contribution in [-0.4, -0.2) is 39.9 Å². The van der Waals surface area contributed by atoms with Crippen LogP contribution in [-0.2, 0) is 33.7 Å². The SMILES string of the molecule is CCOC(=O)Cc1nc2sc3c(c2c(=O)[nH]1)CCN(C(C)=O)C3. The van der Waals surface area contributed by atoms with Crippen LogP contribution in [0.2, 0.25) is 0 Å². The average Bonchev–Trinajstić information content (AvgIpc) is 2.84. The van der Waals surface area contributed by atoms with Gasteiger partial charge in [0.05, 0.1) is 18.5 Å². The van der Waals surface area contributed by atoms with Gasteiger partial charge in [0.15, 0.2) is 0 Å². The molecule has 0 bridgehead atoms. The fraction of sp³-hybridized carbons (Fsp3) is 0.467. The number of fused-ring (bicyclic) bond motifs is 3. The normalized spacial score (nSPS) is 13.9. The number of thiophene rings is 1. The molecule has 2 aromatic heterocycles. The van der Waals surface area contributed by atoms with Crippen LogP contribution in [0, 0.1) is 0 Å². The lowest BCUT2D eigenvalue weighted by molar-refractivity contribution is -0.142. The summed E-state index contributed by atoms with van der Waals surface area (Å²) in [5.74, 6) is -0.0833. The standard InChI is InChI=1S/C15H17N3O4S/c1-3-22-12(20)6-11-16-14(21)13-9-4-5-18(8(2)19)7-10(9)23-15(13)17-11/h3-7H2,1-2H3,(H,16,17,21). The maximum atomic E-state index is 12.4. The second kappa shape index (κ2) is 6.11. The number of aromatic amines is 1. The van der Waals surface area contributed by atoms with Crippen molar-refractivity contribution in [1.82, 2.24) is 14.9 Å². The molecule has 8 heteroatoms. The Kier molecular flexibility index (Phi) is 4.16. The van der Waals surface area contributed by atoms with Gasteiger partial charge in [0.2, 0.25) is 5.91 Å². The molecule has 1 N–H and O–H groups in total. The highest BCUT2D eigenvalue weighted by molar-refractivity contribution is 7.18. The molecule has 0 spiro atoms. The lowest BCUT2D eigenvalue weighted by Crippen LogP contribution is -2.33. The lowest BCUT2D eigenvalue weighted by Gasteiger charge is -2.25. The molecule has 7 nitrogen and oxygen atoms in total. The summed E-state index contributed by atoms with van der Waals surface area (Å²) in [6, 6.07) is 0. The van der Waals surface area contributed by atoms with E-state index in [9.17, 15) is 14.4 Å². The molecule has 0 aliphatic carbocycles. The van der Waals surface area contributed by atoms with E-state index in [0.717, 1.165) is 10.4 Å². The van der Waals surface area contributed by atoms with E-state index in [-0.39, 0.29) is 17.9 Å². The Balaban J connectivity index is 1.98. The van der Waals surface area contributed by atoms with Crippen molar-refractivity contribution in [3.63, 3.8) is 0 Å². The number of ether oxygens (including phenoxy) is 1. The molecule has 1 aliphatic rings. The van der Waals surface area contributed by atoms with Crippen LogP contribution in [0.3, 0.4) is 0 Å². The number of H-pyrrole nitrogens is 1. The van der Waals surface area contributed by atoms with Crippen LogP contribution < -0.4 is 5.56 Å². The van der Waals surface area contributed by atoms with E-state index >= 15 is 0 Å². The number of nitrogens with one attached hydrogen (secondary N) is 1. The topological polar surface area (TPSA) is 92.4 Å². The van der Waals surface area contributed by atoms with E-state index in [1.54, 1.807) is 18.7 Å². The van der Waals surface area contributed by atoms with Gasteiger partial charge in [0.1, 0.15) is 17.1 Å². The van der Waals surface area contributed by atoms with Gasteiger partial charge in [-0.15, -0.1) is 11.3 Å². The largest absolute Gasteiger partial charge is 0.466 e. The summed E-state index contributed by atoms with van der Waals surface area (Å²) in [5.41, 5.74) is 0.738. The first kappa shape index (κ1) is 15.7. The van der Waals surface area contributed by atoms with Crippen molar-refractivity contribution in [3.8, 4) is 0 Å². The molecule has 23 heavy (non-hydrogen) atoms. The smallest absolute Gasteiger partial charge is 0.313 e. The predicted molar refractivity (Wildman–Crippen MR) is 85.4 cm³/mol. The number of hydrogen-bond donors (Lipinski definition) is 1. The Bertz CT molecular complexity index is 839. The summed E-state index contributed by atoms with van der Waals surface area (Å²) < 4.78 is 4.88. The number of amides is 1. The molecule has 3 heterocycles. The number of carbonyl (C=O) groups excluding carboxylic acids is 2. The molecular weight excluding hydrogens is 318 g/mol. The summed E-state index contributed by atoms with van der Waals surface area (Å²) in [5, 5.41) is 0.584. The first-order valence-electron chi connectivity index (χ1n) is 7.44. The van der Waals surface area contributed by atoms with Gasteiger partial charge in [0, 0.05) is 18.3 Å². The van der Waals surface area contributed by atoms with Gasteiger partial charge in [-0.2, -0.15) is 0 Å². The summed E-state index contributed by atoms with van der Waals surface area (Å²) in [6.45, 7) is 4.68. The van der Waals surface area contributed by atoms with Crippen molar-refractivity contribution in [3.05, 3.63) is 26.6 Å². The average molecular weight is 335 g/mol. The summed E-state index contributed by atoms with van der Waals surface area (Å²) in [4.78, 5) is 45.9. The number of aromatic nitrogens is 2. The van der Waals surface area contributed by atoms with E-state index in [4.69, 9.17) is 4.74 Å². The van der Waals surface area contributed by atoms with E-state index < -0.39 is 5.97 Å². The van der Waals surface area contributed by atoms with Crippen molar-refractivity contribution in [2.45, 2.75) is 33.2 Å². The monoisotopic (exact) mass is 335 g/mol. The van der Waals surface area contributed by atoms with E-state index in [1.807, 2.05) is 0 Å². The first-order chi connectivity index (χ1) is 11.0. The molecule has 0 saturated carbocycles. The Morgan fingerprint density at radius 2 is 2.22 bits per heavy atom. The third-order valence-electron chi connectivity index (χ3n) is 3.82. The molecule has 0 saturated heterocycles. The highest BCUT2D eigenvalue weighted by atomic mass is 32.1. The highest BCUT2D eigenvalue weighted by Crippen LogP contribution is 2.32. The number of rotatable bonds is 3. The second-order valence-corrected chi connectivity index (χ2v) is 6.45. The molecule has 1 amide bonds. The summed E-state index contributed by atoms with van der Waals surface area (Å²) >= 11 is 1.41.